The number of imidazole rings is 1. The van der Waals surface area contributed by atoms with E-state index in [9.17, 15) is 0 Å². The van der Waals surface area contributed by atoms with Crippen molar-refractivity contribution in [1.29, 1.82) is 0 Å². The molecule has 22 heavy (non-hydrogen) atoms. The van der Waals surface area contributed by atoms with Gasteiger partial charge in [-0.3, -0.25) is 4.57 Å². The van der Waals surface area contributed by atoms with Gasteiger partial charge in [0.15, 0.2) is 5.16 Å². The third kappa shape index (κ3) is 3.25. The van der Waals surface area contributed by atoms with Crippen LogP contribution < -0.4 is 0 Å². The molecule has 0 atom stereocenters. The third-order valence-corrected chi connectivity index (χ3v) is 4.74. The molecule has 0 spiro atoms. The highest BCUT2D eigenvalue weighted by molar-refractivity contribution is 7.99. The maximum Gasteiger partial charge on any atom is 0.173 e. The summed E-state index contributed by atoms with van der Waals surface area (Å²) < 4.78 is 2.25. The number of thioether (sulfide) groups is 1. The lowest BCUT2D eigenvalue weighted by molar-refractivity contribution is 0.746. The quantitative estimate of drug-likeness (QED) is 0.596. The van der Waals surface area contributed by atoms with Gasteiger partial charge in [0.25, 0.3) is 0 Å². The molecule has 0 fully saturated rings. The van der Waals surface area contributed by atoms with Crippen LogP contribution in [0.5, 0.6) is 0 Å². The molecule has 2 aromatic carbocycles. The average molecular weight is 308 g/mol. The Kier molecular flexibility index (Phi) is 4.64. The second kappa shape index (κ2) is 6.84. The fraction of sp³-hybridized carbons (Fsp3) is 0.211. The molecule has 1 heterocycles. The van der Waals surface area contributed by atoms with Crippen LogP contribution in [0.2, 0.25) is 0 Å². The number of para-hydroxylation sites is 1. The monoisotopic (exact) mass is 308 g/mol. The predicted molar refractivity (Wildman–Crippen MR) is 94.6 cm³/mol. The molecule has 0 aliphatic carbocycles. The van der Waals surface area contributed by atoms with Crippen LogP contribution in [0.1, 0.15) is 13.8 Å². The van der Waals surface area contributed by atoms with Crippen LogP contribution in [0.3, 0.4) is 0 Å². The van der Waals surface area contributed by atoms with E-state index in [1.165, 1.54) is 5.56 Å². The molecule has 0 radical (unpaired) electrons. The maximum atomic E-state index is 4.67. The van der Waals surface area contributed by atoms with Crippen molar-refractivity contribution in [3.8, 4) is 16.9 Å². The zero-order chi connectivity index (χ0) is 15.4. The number of hydrogen-bond acceptors (Lipinski definition) is 2. The Morgan fingerprint density at radius 2 is 1.59 bits per heavy atom. The normalized spacial score (nSPS) is 11.0. The summed E-state index contributed by atoms with van der Waals surface area (Å²) in [6, 6.07) is 20.9. The van der Waals surface area contributed by atoms with E-state index in [4.69, 9.17) is 0 Å². The maximum absolute atomic E-state index is 4.67. The highest BCUT2D eigenvalue weighted by Crippen LogP contribution is 2.30. The summed E-state index contributed by atoms with van der Waals surface area (Å²) in [4.78, 5) is 4.67. The lowest BCUT2D eigenvalue weighted by Gasteiger charge is -2.12. The van der Waals surface area contributed by atoms with Gasteiger partial charge in [0, 0.05) is 17.0 Å². The van der Waals surface area contributed by atoms with Crippen LogP contribution in [0.4, 0.5) is 0 Å². The second-order valence-electron chi connectivity index (χ2n) is 5.67. The minimum atomic E-state index is 0.645. The minimum absolute atomic E-state index is 0.645. The van der Waals surface area contributed by atoms with Crippen molar-refractivity contribution >= 4 is 11.8 Å². The molecule has 0 unspecified atom stereocenters. The van der Waals surface area contributed by atoms with Crippen LogP contribution in [0.25, 0.3) is 16.9 Å². The van der Waals surface area contributed by atoms with Crippen LogP contribution in [-0.4, -0.2) is 15.3 Å². The molecule has 0 N–H and O–H groups in total. The van der Waals surface area contributed by atoms with Crippen molar-refractivity contribution in [1.82, 2.24) is 9.55 Å². The van der Waals surface area contributed by atoms with E-state index in [1.54, 1.807) is 0 Å². The Morgan fingerprint density at radius 3 is 2.23 bits per heavy atom. The van der Waals surface area contributed by atoms with Gasteiger partial charge in [0.05, 0.1) is 11.9 Å². The number of benzene rings is 2. The summed E-state index contributed by atoms with van der Waals surface area (Å²) in [5.41, 5.74) is 3.48. The molecule has 0 bridgehead atoms. The molecule has 0 aliphatic heterocycles. The molecule has 3 heteroatoms. The van der Waals surface area contributed by atoms with E-state index in [-0.39, 0.29) is 0 Å². The Bertz CT molecular complexity index is 718. The van der Waals surface area contributed by atoms with Gasteiger partial charge in [-0.2, -0.15) is 0 Å². The Labute approximate surface area is 136 Å². The van der Waals surface area contributed by atoms with E-state index >= 15 is 0 Å². The molecule has 3 aromatic rings. The third-order valence-electron chi connectivity index (χ3n) is 3.36. The van der Waals surface area contributed by atoms with Gasteiger partial charge >= 0.3 is 0 Å². The molecule has 112 valence electrons. The Balaban J connectivity index is 2.07. The van der Waals surface area contributed by atoms with Crippen molar-refractivity contribution in [3.63, 3.8) is 0 Å². The molecular weight excluding hydrogens is 288 g/mol. The van der Waals surface area contributed by atoms with Gasteiger partial charge in [-0.25, -0.2) is 4.98 Å². The molecule has 3 rings (SSSR count). The molecule has 0 amide bonds. The van der Waals surface area contributed by atoms with Crippen molar-refractivity contribution < 1.29 is 0 Å². The van der Waals surface area contributed by atoms with E-state index in [2.05, 4.69) is 71.9 Å². The van der Waals surface area contributed by atoms with E-state index < -0.39 is 0 Å². The van der Waals surface area contributed by atoms with Gasteiger partial charge in [-0.15, -0.1) is 0 Å². The predicted octanol–water partition coefficient (Wildman–Crippen LogP) is 5.29. The molecule has 0 aliphatic rings. The summed E-state index contributed by atoms with van der Waals surface area (Å²) >= 11 is 1.82. The number of nitrogens with zero attached hydrogens (tertiary/aromatic N) is 2. The fourth-order valence-electron chi connectivity index (χ4n) is 2.32. The van der Waals surface area contributed by atoms with Crippen LogP contribution >= 0.6 is 11.8 Å². The number of rotatable bonds is 5. The Hall–Kier alpha value is -2.00. The van der Waals surface area contributed by atoms with Crippen molar-refractivity contribution in [2.75, 3.05) is 5.75 Å². The van der Waals surface area contributed by atoms with Gasteiger partial charge in [0.2, 0.25) is 0 Å². The van der Waals surface area contributed by atoms with Crippen molar-refractivity contribution in [2.24, 2.45) is 5.92 Å². The Morgan fingerprint density at radius 1 is 0.955 bits per heavy atom. The molecule has 2 nitrogen and oxygen atoms in total. The van der Waals surface area contributed by atoms with Crippen LogP contribution in [0, 0.1) is 5.92 Å². The number of aromatic nitrogens is 2. The van der Waals surface area contributed by atoms with Crippen molar-refractivity contribution in [3.05, 3.63) is 66.9 Å². The summed E-state index contributed by atoms with van der Waals surface area (Å²) in [7, 11) is 0. The molecule has 0 saturated heterocycles. The lowest BCUT2D eigenvalue weighted by atomic mass is 10.1. The summed E-state index contributed by atoms with van der Waals surface area (Å²) in [5.74, 6) is 1.71. The lowest BCUT2D eigenvalue weighted by Crippen LogP contribution is -2.00. The first-order valence-corrected chi connectivity index (χ1v) is 8.55. The fourth-order valence-corrected chi connectivity index (χ4v) is 3.26. The standard InChI is InChI=1S/C19H20N2S/c1-15(2)14-22-19-20-13-18(16-9-5-3-6-10-16)21(19)17-11-7-4-8-12-17/h3-13,15H,14H2,1-2H3. The van der Waals surface area contributed by atoms with Crippen LogP contribution in [0.15, 0.2) is 72.0 Å². The van der Waals surface area contributed by atoms with E-state index in [0.29, 0.717) is 5.92 Å². The highest BCUT2D eigenvalue weighted by Gasteiger charge is 2.14. The first-order chi connectivity index (χ1) is 10.8. The van der Waals surface area contributed by atoms with Gasteiger partial charge in [-0.1, -0.05) is 74.1 Å². The molecule has 0 saturated carbocycles. The van der Waals surface area contributed by atoms with Gasteiger partial charge in [0.1, 0.15) is 0 Å². The first kappa shape index (κ1) is 14.9. The van der Waals surface area contributed by atoms with Gasteiger partial charge < -0.3 is 0 Å². The largest absolute Gasteiger partial charge is 0.287 e. The second-order valence-corrected chi connectivity index (χ2v) is 6.66. The SMILES string of the molecule is CC(C)CSc1ncc(-c2ccccc2)n1-c1ccccc1. The molecule has 1 aromatic heterocycles. The number of hydrogen-bond donors (Lipinski definition) is 0. The smallest absolute Gasteiger partial charge is 0.173 e. The topological polar surface area (TPSA) is 17.8 Å². The average Bonchev–Trinajstić information content (AvgIpc) is 2.98. The van der Waals surface area contributed by atoms with Gasteiger partial charge in [-0.05, 0) is 18.1 Å². The zero-order valence-electron chi connectivity index (χ0n) is 12.9. The first-order valence-electron chi connectivity index (χ1n) is 7.57. The summed E-state index contributed by atoms with van der Waals surface area (Å²) in [6.45, 7) is 4.47. The van der Waals surface area contributed by atoms with E-state index in [1.807, 2.05) is 30.1 Å². The van der Waals surface area contributed by atoms with Crippen LogP contribution in [-0.2, 0) is 0 Å². The van der Waals surface area contributed by atoms with Crippen molar-refractivity contribution in [2.45, 2.75) is 19.0 Å². The molecular formula is C19H20N2S. The zero-order valence-corrected chi connectivity index (χ0v) is 13.8. The highest BCUT2D eigenvalue weighted by atomic mass is 32.2. The summed E-state index contributed by atoms with van der Waals surface area (Å²) in [6.07, 6.45) is 1.98. The summed E-state index contributed by atoms with van der Waals surface area (Å²) in [5, 5.41) is 1.05. The van der Waals surface area contributed by atoms with E-state index in [0.717, 1.165) is 22.3 Å². The minimum Gasteiger partial charge on any atom is -0.287 e.